The number of aryl methyl sites for hydroxylation is 1. The normalized spacial score (nSPS) is 17.2. The molecule has 220 valence electrons. The first-order valence-electron chi connectivity index (χ1n) is 14.4. The molecule has 0 spiro atoms. The van der Waals surface area contributed by atoms with Crippen LogP contribution in [0.4, 0.5) is 17.5 Å². The minimum absolute atomic E-state index is 0.244. The van der Waals surface area contributed by atoms with Crippen molar-refractivity contribution in [1.82, 2.24) is 29.2 Å². The van der Waals surface area contributed by atoms with Crippen LogP contribution in [0.1, 0.15) is 48.3 Å². The van der Waals surface area contributed by atoms with E-state index < -0.39 is 9.73 Å². The molecule has 11 heteroatoms. The number of nitrogens with one attached hydrogen (secondary N) is 1. The van der Waals surface area contributed by atoms with E-state index in [1.807, 2.05) is 0 Å². The summed E-state index contributed by atoms with van der Waals surface area (Å²) in [4.78, 5) is 29.7. The summed E-state index contributed by atoms with van der Waals surface area (Å²) in [7, 11) is 1.94. The SMILES string of the molecule is C=CCn1c(=O)c2cnc(Nc3cc4c(c(C5CCC5)c3)CC(N(C)C)CC4)nc2n1-c1cccc(N=S(C)(C)=O)n1. The Labute approximate surface area is 246 Å². The van der Waals surface area contributed by atoms with Gasteiger partial charge in [-0.3, -0.25) is 4.79 Å². The molecule has 1 unspecified atom stereocenters. The van der Waals surface area contributed by atoms with Crippen molar-refractivity contribution in [1.29, 1.82) is 0 Å². The van der Waals surface area contributed by atoms with Gasteiger partial charge >= 0.3 is 0 Å². The van der Waals surface area contributed by atoms with Gasteiger partial charge in [0.05, 0.1) is 6.54 Å². The molecule has 1 atom stereocenters. The first-order chi connectivity index (χ1) is 20.1. The second kappa shape index (κ2) is 11.1. The van der Waals surface area contributed by atoms with Crippen LogP contribution in [0, 0.1) is 0 Å². The highest BCUT2D eigenvalue weighted by Gasteiger charge is 2.29. The van der Waals surface area contributed by atoms with Crippen LogP contribution in [0.5, 0.6) is 0 Å². The van der Waals surface area contributed by atoms with E-state index in [-0.39, 0.29) is 12.1 Å². The van der Waals surface area contributed by atoms with E-state index >= 15 is 0 Å². The molecule has 0 aliphatic heterocycles. The fourth-order valence-corrected chi connectivity index (χ4v) is 6.58. The van der Waals surface area contributed by atoms with Crippen molar-refractivity contribution in [2.24, 2.45) is 4.36 Å². The van der Waals surface area contributed by atoms with Gasteiger partial charge in [0.1, 0.15) is 5.39 Å². The van der Waals surface area contributed by atoms with Gasteiger partial charge in [0.2, 0.25) is 5.95 Å². The van der Waals surface area contributed by atoms with Crippen molar-refractivity contribution in [3.63, 3.8) is 0 Å². The molecule has 3 aromatic heterocycles. The van der Waals surface area contributed by atoms with Crippen molar-refractivity contribution in [3.8, 4) is 5.82 Å². The summed E-state index contributed by atoms with van der Waals surface area (Å²) in [5.74, 6) is 1.77. The predicted octanol–water partition coefficient (Wildman–Crippen LogP) is 4.95. The summed E-state index contributed by atoms with van der Waals surface area (Å²) >= 11 is 0. The zero-order chi connectivity index (χ0) is 29.6. The predicted molar refractivity (Wildman–Crippen MR) is 169 cm³/mol. The zero-order valence-corrected chi connectivity index (χ0v) is 25.5. The lowest BCUT2D eigenvalue weighted by Crippen LogP contribution is -2.34. The van der Waals surface area contributed by atoms with E-state index in [0.717, 1.165) is 24.9 Å². The minimum atomic E-state index is -2.42. The Balaban J connectivity index is 1.43. The molecule has 0 amide bonds. The molecule has 0 bridgehead atoms. The molecule has 2 aliphatic carbocycles. The second-order valence-electron chi connectivity index (χ2n) is 11.9. The highest BCUT2D eigenvalue weighted by atomic mass is 32.2. The molecule has 0 radical (unpaired) electrons. The quantitative estimate of drug-likeness (QED) is 0.291. The van der Waals surface area contributed by atoms with Crippen LogP contribution in [0.15, 0.2) is 58.3 Å². The summed E-state index contributed by atoms with van der Waals surface area (Å²) in [5.41, 5.74) is 5.52. The maximum absolute atomic E-state index is 13.4. The van der Waals surface area contributed by atoms with Gasteiger partial charge in [-0.05, 0) is 93.1 Å². The first kappa shape index (κ1) is 28.3. The maximum atomic E-state index is 13.4. The van der Waals surface area contributed by atoms with E-state index in [1.54, 1.807) is 47.7 Å². The van der Waals surface area contributed by atoms with Gasteiger partial charge in [-0.15, -0.1) is 6.58 Å². The zero-order valence-electron chi connectivity index (χ0n) is 24.7. The summed E-state index contributed by atoms with van der Waals surface area (Å²) in [6.07, 6.45) is 13.4. The Morgan fingerprint density at radius 1 is 1.19 bits per heavy atom. The van der Waals surface area contributed by atoms with Crippen LogP contribution in [-0.2, 0) is 29.1 Å². The van der Waals surface area contributed by atoms with Crippen molar-refractivity contribution in [2.45, 2.75) is 57.0 Å². The minimum Gasteiger partial charge on any atom is -0.324 e. The number of nitrogens with zero attached hydrogens (tertiary/aromatic N) is 7. The third-order valence-corrected chi connectivity index (χ3v) is 8.95. The smallest absolute Gasteiger partial charge is 0.278 e. The molecule has 42 heavy (non-hydrogen) atoms. The maximum Gasteiger partial charge on any atom is 0.278 e. The fourth-order valence-electron chi connectivity index (χ4n) is 6.03. The van der Waals surface area contributed by atoms with Gasteiger partial charge in [0, 0.05) is 40.2 Å². The number of rotatable bonds is 8. The third kappa shape index (κ3) is 5.50. The Kier molecular flexibility index (Phi) is 7.48. The first-order valence-corrected chi connectivity index (χ1v) is 16.8. The Morgan fingerprint density at radius 3 is 2.69 bits per heavy atom. The molecule has 1 saturated carbocycles. The molecular formula is C31H38N8O2S. The summed E-state index contributed by atoms with van der Waals surface area (Å²) in [5, 5.41) is 3.82. The van der Waals surface area contributed by atoms with Crippen LogP contribution in [0.3, 0.4) is 0 Å². The second-order valence-corrected chi connectivity index (χ2v) is 14.4. The van der Waals surface area contributed by atoms with Crippen molar-refractivity contribution < 1.29 is 4.21 Å². The number of hydrogen-bond acceptors (Lipinski definition) is 8. The highest BCUT2D eigenvalue weighted by Crippen LogP contribution is 2.42. The molecule has 3 heterocycles. The number of likely N-dealkylation sites (N-methyl/N-ethyl adjacent to an activating group) is 1. The van der Waals surface area contributed by atoms with E-state index in [0.29, 0.717) is 40.6 Å². The fraction of sp³-hybridized carbons (Fsp3) is 0.419. The number of anilines is 2. The van der Waals surface area contributed by atoms with Gasteiger partial charge in [0.15, 0.2) is 17.3 Å². The van der Waals surface area contributed by atoms with Gasteiger partial charge in [-0.25, -0.2) is 23.5 Å². The summed E-state index contributed by atoms with van der Waals surface area (Å²) in [6.45, 7) is 4.08. The Morgan fingerprint density at radius 2 is 2.00 bits per heavy atom. The van der Waals surface area contributed by atoms with Gasteiger partial charge in [0.25, 0.3) is 5.56 Å². The highest BCUT2D eigenvalue weighted by molar-refractivity contribution is 7.92. The van der Waals surface area contributed by atoms with Crippen LogP contribution in [-0.4, -0.2) is 66.1 Å². The number of fused-ring (bicyclic) bond motifs is 2. The molecule has 0 saturated heterocycles. The molecule has 6 rings (SSSR count). The summed E-state index contributed by atoms with van der Waals surface area (Å²) < 4.78 is 19.7. The van der Waals surface area contributed by atoms with Crippen LogP contribution in [0.25, 0.3) is 16.9 Å². The number of pyridine rings is 1. The molecule has 2 aliphatic rings. The Hall–Kier alpha value is -3.83. The number of benzene rings is 1. The van der Waals surface area contributed by atoms with Crippen molar-refractivity contribution >= 4 is 38.2 Å². The largest absolute Gasteiger partial charge is 0.324 e. The third-order valence-electron chi connectivity index (χ3n) is 8.32. The molecule has 1 aromatic carbocycles. The number of hydrogen-bond donors (Lipinski definition) is 1. The number of aromatic nitrogens is 5. The Bertz CT molecular complexity index is 1850. The van der Waals surface area contributed by atoms with Crippen LogP contribution < -0.4 is 10.9 Å². The van der Waals surface area contributed by atoms with Gasteiger partial charge < -0.3 is 10.2 Å². The van der Waals surface area contributed by atoms with Gasteiger partial charge in [-0.2, -0.15) is 9.35 Å². The van der Waals surface area contributed by atoms with Crippen LogP contribution >= 0.6 is 0 Å². The summed E-state index contributed by atoms with van der Waals surface area (Å²) in [6, 6.07) is 10.3. The molecule has 1 fully saturated rings. The molecule has 4 aromatic rings. The molecular weight excluding hydrogens is 548 g/mol. The lowest BCUT2D eigenvalue weighted by Gasteiger charge is -2.35. The van der Waals surface area contributed by atoms with E-state index in [1.165, 1.54) is 40.6 Å². The lowest BCUT2D eigenvalue weighted by atomic mass is 9.74. The standard InChI is InChI=1S/C31H38N8O2S/c1-6-15-38-30(40)26-19-32-31(35-29(26)39(38)28-12-8-11-27(34-28)36-42(4,5)41)33-22-16-21-13-14-23(37(2)3)18-25(21)24(17-22)20-9-7-10-20/h6,8,11-12,16-17,19-20,23H,1,7,9-10,13-15,18H2,2-5H3,(H,32,33,35). The van der Waals surface area contributed by atoms with Crippen LogP contribution in [0.2, 0.25) is 0 Å². The molecule has 1 N–H and O–H groups in total. The topological polar surface area (TPSA) is 110 Å². The average Bonchev–Trinajstić information content (AvgIpc) is 3.17. The van der Waals surface area contributed by atoms with E-state index in [2.05, 4.69) is 57.4 Å². The molecule has 10 nitrogen and oxygen atoms in total. The number of allylic oxidation sites excluding steroid dienone is 1. The van der Waals surface area contributed by atoms with E-state index in [9.17, 15) is 9.00 Å². The van der Waals surface area contributed by atoms with E-state index in [4.69, 9.17) is 4.98 Å². The monoisotopic (exact) mass is 586 g/mol. The van der Waals surface area contributed by atoms with Crippen molar-refractivity contribution in [2.75, 3.05) is 31.9 Å². The van der Waals surface area contributed by atoms with Crippen molar-refractivity contribution in [3.05, 3.63) is 76.2 Å². The lowest BCUT2D eigenvalue weighted by molar-refractivity contribution is 0.266. The van der Waals surface area contributed by atoms with Gasteiger partial charge in [-0.1, -0.05) is 18.6 Å². The average molecular weight is 587 g/mol.